The topological polar surface area (TPSA) is 42.7 Å². The molecule has 0 aliphatic rings. The third-order valence-electron chi connectivity index (χ3n) is 3.36. The van der Waals surface area contributed by atoms with Crippen LogP contribution in [0.2, 0.25) is 5.02 Å². The first-order valence-corrected chi connectivity index (χ1v) is 7.28. The van der Waals surface area contributed by atoms with E-state index in [-0.39, 0.29) is 5.92 Å². The highest BCUT2D eigenvalue weighted by molar-refractivity contribution is 6.31. The Morgan fingerprint density at radius 3 is 2.70 bits per heavy atom. The molecule has 2 aromatic rings. The normalized spacial score (nSPS) is 12.8. The Labute approximate surface area is 125 Å². The Morgan fingerprint density at radius 1 is 1.30 bits per heavy atom. The fourth-order valence-electron chi connectivity index (χ4n) is 2.42. The van der Waals surface area contributed by atoms with Gasteiger partial charge < -0.3 is 5.32 Å². The molecule has 4 nitrogen and oxygen atoms in total. The lowest BCUT2D eigenvalue weighted by Gasteiger charge is -2.19. The molecule has 1 N–H and O–H groups in total. The number of aromatic nitrogens is 3. The van der Waals surface area contributed by atoms with Crippen LogP contribution in [0.15, 0.2) is 30.6 Å². The Bertz CT molecular complexity index is 550. The average molecular weight is 293 g/mol. The summed E-state index contributed by atoms with van der Waals surface area (Å²) >= 11 is 6.33. The van der Waals surface area contributed by atoms with E-state index in [9.17, 15) is 0 Å². The van der Waals surface area contributed by atoms with Gasteiger partial charge in [0.25, 0.3) is 0 Å². The van der Waals surface area contributed by atoms with E-state index in [1.54, 1.807) is 6.33 Å². The molecule has 0 bridgehead atoms. The van der Waals surface area contributed by atoms with E-state index in [1.807, 2.05) is 29.9 Å². The second-order valence-electron chi connectivity index (χ2n) is 5.19. The van der Waals surface area contributed by atoms with Crippen LogP contribution in [0.3, 0.4) is 0 Å². The van der Waals surface area contributed by atoms with Gasteiger partial charge in [-0.3, -0.25) is 0 Å². The summed E-state index contributed by atoms with van der Waals surface area (Å²) in [4.78, 5) is 4.40. The van der Waals surface area contributed by atoms with Gasteiger partial charge in [-0.1, -0.05) is 29.8 Å². The number of nitrogens with one attached hydrogen (secondary N) is 1. The van der Waals surface area contributed by atoms with Crippen molar-refractivity contribution in [3.8, 4) is 0 Å². The van der Waals surface area contributed by atoms with Gasteiger partial charge in [0.1, 0.15) is 12.2 Å². The number of hydrogen-bond acceptors (Lipinski definition) is 3. The first-order valence-electron chi connectivity index (χ1n) is 6.91. The molecule has 1 heterocycles. The summed E-state index contributed by atoms with van der Waals surface area (Å²) in [6.07, 6.45) is 2.45. The van der Waals surface area contributed by atoms with Crippen molar-refractivity contribution >= 4 is 11.6 Å². The van der Waals surface area contributed by atoms with Crippen molar-refractivity contribution in [3.05, 3.63) is 47.0 Å². The molecule has 1 unspecified atom stereocenters. The van der Waals surface area contributed by atoms with E-state index in [0.717, 1.165) is 29.4 Å². The van der Waals surface area contributed by atoms with Crippen molar-refractivity contribution in [2.24, 2.45) is 0 Å². The van der Waals surface area contributed by atoms with Crippen LogP contribution < -0.4 is 5.32 Å². The standard InChI is InChI=1S/C15H21ClN4/c1-11(2)20-15(18-10-19-20)8-12(9-17-3)13-6-4-5-7-14(13)16/h4-7,10-12,17H,8-9H2,1-3H3. The minimum Gasteiger partial charge on any atom is -0.319 e. The smallest absolute Gasteiger partial charge is 0.138 e. The summed E-state index contributed by atoms with van der Waals surface area (Å²) in [5, 5.41) is 8.34. The van der Waals surface area contributed by atoms with Gasteiger partial charge in [-0.25, -0.2) is 9.67 Å². The van der Waals surface area contributed by atoms with Crippen molar-refractivity contribution in [3.63, 3.8) is 0 Å². The maximum atomic E-state index is 6.33. The fraction of sp³-hybridized carbons (Fsp3) is 0.467. The maximum absolute atomic E-state index is 6.33. The quantitative estimate of drug-likeness (QED) is 0.890. The third kappa shape index (κ3) is 3.38. The van der Waals surface area contributed by atoms with Gasteiger partial charge in [0.05, 0.1) is 0 Å². The lowest BCUT2D eigenvalue weighted by Crippen LogP contribution is -2.21. The van der Waals surface area contributed by atoms with Crippen LogP contribution in [0.1, 0.15) is 37.2 Å². The van der Waals surface area contributed by atoms with Crippen LogP contribution in [0.4, 0.5) is 0 Å². The van der Waals surface area contributed by atoms with Gasteiger partial charge in [0, 0.05) is 29.9 Å². The zero-order valence-corrected chi connectivity index (χ0v) is 12.9. The second-order valence-corrected chi connectivity index (χ2v) is 5.60. The fourth-order valence-corrected chi connectivity index (χ4v) is 2.71. The van der Waals surface area contributed by atoms with E-state index in [0.29, 0.717) is 6.04 Å². The molecule has 1 aromatic carbocycles. The van der Waals surface area contributed by atoms with Gasteiger partial charge in [0.15, 0.2) is 0 Å². The predicted octanol–water partition coefficient (Wildman–Crippen LogP) is 3.06. The molecule has 20 heavy (non-hydrogen) atoms. The Kier molecular flexibility index (Phi) is 5.15. The van der Waals surface area contributed by atoms with Crippen molar-refractivity contribution in [2.45, 2.75) is 32.2 Å². The molecule has 0 radical (unpaired) electrons. The van der Waals surface area contributed by atoms with Crippen LogP contribution in [-0.2, 0) is 6.42 Å². The second kappa shape index (κ2) is 6.86. The number of nitrogens with zero attached hydrogens (tertiary/aromatic N) is 3. The highest BCUT2D eigenvalue weighted by Crippen LogP contribution is 2.27. The number of hydrogen-bond donors (Lipinski definition) is 1. The number of benzene rings is 1. The van der Waals surface area contributed by atoms with Crippen LogP contribution in [0.5, 0.6) is 0 Å². The first-order chi connectivity index (χ1) is 9.63. The SMILES string of the molecule is CNCC(Cc1ncnn1C(C)C)c1ccccc1Cl. The van der Waals surface area contributed by atoms with Gasteiger partial charge in [0.2, 0.25) is 0 Å². The third-order valence-corrected chi connectivity index (χ3v) is 3.71. The first kappa shape index (κ1) is 15.0. The molecule has 1 aromatic heterocycles. The molecule has 5 heteroatoms. The molecular weight excluding hydrogens is 272 g/mol. The molecule has 2 rings (SSSR count). The molecular formula is C15H21ClN4. The largest absolute Gasteiger partial charge is 0.319 e. The summed E-state index contributed by atoms with van der Waals surface area (Å²) in [6, 6.07) is 8.32. The zero-order chi connectivity index (χ0) is 14.5. The van der Waals surface area contributed by atoms with Crippen LogP contribution in [0, 0.1) is 0 Å². The predicted molar refractivity (Wildman–Crippen MR) is 82.2 cm³/mol. The molecule has 1 atom stereocenters. The molecule has 0 spiro atoms. The monoisotopic (exact) mass is 292 g/mol. The average Bonchev–Trinajstić information content (AvgIpc) is 2.87. The highest BCUT2D eigenvalue weighted by atomic mass is 35.5. The van der Waals surface area contributed by atoms with E-state index in [2.05, 4.69) is 35.3 Å². The van der Waals surface area contributed by atoms with Crippen LogP contribution in [0.25, 0.3) is 0 Å². The van der Waals surface area contributed by atoms with Crippen molar-refractivity contribution in [1.29, 1.82) is 0 Å². The molecule has 0 aliphatic heterocycles. The minimum absolute atomic E-state index is 0.287. The number of rotatable bonds is 6. The van der Waals surface area contributed by atoms with Gasteiger partial charge in [-0.05, 0) is 32.5 Å². The van der Waals surface area contributed by atoms with E-state index < -0.39 is 0 Å². The summed E-state index contributed by atoms with van der Waals surface area (Å²) < 4.78 is 1.97. The summed E-state index contributed by atoms with van der Waals surface area (Å²) in [5.41, 5.74) is 1.15. The van der Waals surface area contributed by atoms with Gasteiger partial charge >= 0.3 is 0 Å². The van der Waals surface area contributed by atoms with Gasteiger partial charge in [-0.2, -0.15) is 5.10 Å². The van der Waals surface area contributed by atoms with Crippen LogP contribution in [-0.4, -0.2) is 28.4 Å². The Balaban J connectivity index is 2.26. The highest BCUT2D eigenvalue weighted by Gasteiger charge is 2.18. The molecule has 0 amide bonds. The summed E-state index contributed by atoms with van der Waals surface area (Å²) in [7, 11) is 1.96. The molecule has 108 valence electrons. The number of halogens is 1. The van der Waals surface area contributed by atoms with E-state index >= 15 is 0 Å². The maximum Gasteiger partial charge on any atom is 0.138 e. The summed E-state index contributed by atoms with van der Waals surface area (Å²) in [5.74, 6) is 1.29. The lowest BCUT2D eigenvalue weighted by molar-refractivity contribution is 0.487. The van der Waals surface area contributed by atoms with E-state index in [1.165, 1.54) is 0 Å². The van der Waals surface area contributed by atoms with E-state index in [4.69, 9.17) is 11.6 Å². The summed E-state index contributed by atoms with van der Waals surface area (Å²) in [6.45, 7) is 5.08. The van der Waals surface area contributed by atoms with Crippen molar-refractivity contribution in [1.82, 2.24) is 20.1 Å². The van der Waals surface area contributed by atoms with Gasteiger partial charge in [-0.15, -0.1) is 0 Å². The molecule has 0 saturated carbocycles. The van der Waals surface area contributed by atoms with Crippen LogP contribution >= 0.6 is 11.6 Å². The molecule has 0 fully saturated rings. The Hall–Kier alpha value is -1.39. The zero-order valence-electron chi connectivity index (χ0n) is 12.2. The molecule has 0 aliphatic carbocycles. The number of likely N-dealkylation sites (N-methyl/N-ethyl adjacent to an activating group) is 1. The Morgan fingerprint density at radius 2 is 2.05 bits per heavy atom. The molecule has 0 saturated heterocycles. The van der Waals surface area contributed by atoms with Crippen molar-refractivity contribution in [2.75, 3.05) is 13.6 Å². The lowest BCUT2D eigenvalue weighted by atomic mass is 9.95. The van der Waals surface area contributed by atoms with Crippen molar-refractivity contribution < 1.29 is 0 Å². The minimum atomic E-state index is 0.287.